The lowest BCUT2D eigenvalue weighted by molar-refractivity contribution is -0.126. The number of amides is 1. The van der Waals surface area contributed by atoms with E-state index in [0.717, 1.165) is 30.8 Å². The largest absolute Gasteiger partial charge is 0.368 e. The number of carbonyl (C=O) groups is 1. The minimum atomic E-state index is -0.227. The van der Waals surface area contributed by atoms with Crippen molar-refractivity contribution in [3.63, 3.8) is 0 Å². The smallest absolute Gasteiger partial charge is 0.246 e. The van der Waals surface area contributed by atoms with Gasteiger partial charge in [0.2, 0.25) is 5.91 Å². The second-order valence-electron chi connectivity index (χ2n) is 7.46. The van der Waals surface area contributed by atoms with E-state index < -0.39 is 0 Å². The molecule has 1 fully saturated rings. The van der Waals surface area contributed by atoms with Gasteiger partial charge < -0.3 is 9.80 Å². The van der Waals surface area contributed by atoms with Crippen molar-refractivity contribution < 1.29 is 9.18 Å². The Morgan fingerprint density at radius 2 is 1.63 bits per heavy atom. The fraction of sp³-hybridized carbons (Fsp3) is 0.348. The molecule has 1 amide bonds. The molecule has 1 heterocycles. The summed E-state index contributed by atoms with van der Waals surface area (Å²) in [5, 5.41) is 0. The zero-order valence-electron chi connectivity index (χ0n) is 16.1. The summed E-state index contributed by atoms with van der Waals surface area (Å²) in [6.07, 6.45) is 4.61. The number of piperazine rings is 1. The highest BCUT2D eigenvalue weighted by Crippen LogP contribution is 2.17. The molecule has 0 N–H and O–H groups in total. The lowest BCUT2D eigenvalue weighted by atomic mass is 10.0. The minimum Gasteiger partial charge on any atom is -0.368 e. The standard InChI is InChI=1S/C23H27FN2O/c1-18(2)17-20-5-3-19(4-6-20)7-12-23(27)26-15-13-25(14-16-26)22-10-8-21(24)9-11-22/h3-12,18H,13-17H2,1-2H3/b12-7+. The molecule has 2 aromatic rings. The Morgan fingerprint density at radius 1 is 1.00 bits per heavy atom. The maximum Gasteiger partial charge on any atom is 0.246 e. The first-order chi connectivity index (χ1) is 13.0. The number of rotatable bonds is 5. The van der Waals surface area contributed by atoms with Crippen LogP contribution in [0.15, 0.2) is 54.6 Å². The SMILES string of the molecule is CC(C)Cc1ccc(/C=C/C(=O)N2CCN(c3ccc(F)cc3)CC2)cc1. The quantitative estimate of drug-likeness (QED) is 0.733. The molecule has 1 aliphatic heterocycles. The Bertz CT molecular complexity index is 773. The van der Waals surface area contributed by atoms with Crippen molar-refractivity contribution in [2.75, 3.05) is 31.1 Å². The third-order valence-corrected chi connectivity index (χ3v) is 4.83. The van der Waals surface area contributed by atoms with E-state index in [0.29, 0.717) is 19.0 Å². The van der Waals surface area contributed by atoms with Gasteiger partial charge in [-0.05, 0) is 53.8 Å². The number of hydrogen-bond acceptors (Lipinski definition) is 2. The van der Waals surface area contributed by atoms with E-state index in [1.807, 2.05) is 11.0 Å². The van der Waals surface area contributed by atoms with Crippen LogP contribution in [0.1, 0.15) is 25.0 Å². The first-order valence-corrected chi connectivity index (χ1v) is 9.58. The van der Waals surface area contributed by atoms with E-state index in [9.17, 15) is 9.18 Å². The van der Waals surface area contributed by atoms with Gasteiger partial charge in [-0.15, -0.1) is 0 Å². The number of carbonyl (C=O) groups excluding carboxylic acids is 1. The summed E-state index contributed by atoms with van der Waals surface area (Å²) in [4.78, 5) is 16.5. The summed E-state index contributed by atoms with van der Waals surface area (Å²) in [6, 6.07) is 14.9. The molecule has 0 unspecified atom stereocenters. The summed E-state index contributed by atoms with van der Waals surface area (Å²) >= 11 is 0. The molecular formula is C23H27FN2O. The second kappa shape index (κ2) is 8.85. The average molecular weight is 366 g/mol. The molecule has 27 heavy (non-hydrogen) atoms. The van der Waals surface area contributed by atoms with Crippen molar-refractivity contribution in [1.82, 2.24) is 4.90 Å². The maximum atomic E-state index is 13.0. The predicted molar refractivity (Wildman–Crippen MR) is 109 cm³/mol. The van der Waals surface area contributed by atoms with Gasteiger partial charge in [0.25, 0.3) is 0 Å². The van der Waals surface area contributed by atoms with E-state index in [2.05, 4.69) is 43.0 Å². The average Bonchev–Trinajstić information content (AvgIpc) is 2.67. The molecular weight excluding hydrogens is 339 g/mol. The van der Waals surface area contributed by atoms with Crippen molar-refractivity contribution >= 4 is 17.7 Å². The normalized spacial score (nSPS) is 15.0. The van der Waals surface area contributed by atoms with Crippen LogP contribution < -0.4 is 4.90 Å². The van der Waals surface area contributed by atoms with E-state index in [4.69, 9.17) is 0 Å². The number of anilines is 1. The molecule has 0 radical (unpaired) electrons. The predicted octanol–water partition coefficient (Wildman–Crippen LogP) is 4.39. The first kappa shape index (κ1) is 19.2. The molecule has 3 nitrogen and oxygen atoms in total. The number of benzene rings is 2. The Labute approximate surface area is 161 Å². The molecule has 4 heteroatoms. The molecule has 3 rings (SSSR count). The van der Waals surface area contributed by atoms with Crippen LogP contribution in [0.2, 0.25) is 0 Å². The van der Waals surface area contributed by atoms with Gasteiger partial charge in [0.15, 0.2) is 0 Å². The molecule has 0 atom stereocenters. The van der Waals surface area contributed by atoms with Crippen LogP contribution in [0.4, 0.5) is 10.1 Å². The van der Waals surface area contributed by atoms with Crippen molar-refractivity contribution in [1.29, 1.82) is 0 Å². The van der Waals surface area contributed by atoms with E-state index >= 15 is 0 Å². The molecule has 0 saturated carbocycles. The van der Waals surface area contributed by atoms with Crippen LogP contribution in [0.3, 0.4) is 0 Å². The third-order valence-electron chi connectivity index (χ3n) is 4.83. The lowest BCUT2D eigenvalue weighted by Crippen LogP contribution is -2.48. The topological polar surface area (TPSA) is 23.6 Å². The van der Waals surface area contributed by atoms with Gasteiger partial charge in [-0.2, -0.15) is 0 Å². The molecule has 0 spiro atoms. The van der Waals surface area contributed by atoms with Gasteiger partial charge in [0, 0.05) is 37.9 Å². The summed E-state index contributed by atoms with van der Waals surface area (Å²) in [5.74, 6) is 0.455. The van der Waals surface area contributed by atoms with Crippen LogP contribution in [0, 0.1) is 11.7 Å². The third kappa shape index (κ3) is 5.43. The molecule has 1 saturated heterocycles. The molecule has 0 bridgehead atoms. The zero-order valence-corrected chi connectivity index (χ0v) is 16.1. The molecule has 142 valence electrons. The molecule has 0 aromatic heterocycles. The summed E-state index contributed by atoms with van der Waals surface area (Å²) < 4.78 is 13.0. The van der Waals surface area contributed by atoms with Crippen molar-refractivity contribution in [3.05, 3.63) is 71.6 Å². The lowest BCUT2D eigenvalue weighted by Gasteiger charge is -2.35. The van der Waals surface area contributed by atoms with Crippen LogP contribution in [0.25, 0.3) is 6.08 Å². The fourth-order valence-corrected chi connectivity index (χ4v) is 3.35. The maximum absolute atomic E-state index is 13.0. The Hall–Kier alpha value is -2.62. The van der Waals surface area contributed by atoms with Crippen LogP contribution >= 0.6 is 0 Å². The number of hydrogen-bond donors (Lipinski definition) is 0. The van der Waals surface area contributed by atoms with Gasteiger partial charge in [0.05, 0.1) is 0 Å². The van der Waals surface area contributed by atoms with Gasteiger partial charge in [-0.1, -0.05) is 38.1 Å². The molecule has 2 aromatic carbocycles. The number of halogens is 1. The zero-order chi connectivity index (χ0) is 19.2. The van der Waals surface area contributed by atoms with E-state index in [-0.39, 0.29) is 11.7 Å². The highest BCUT2D eigenvalue weighted by Gasteiger charge is 2.19. The Kier molecular flexibility index (Phi) is 6.28. The Balaban J connectivity index is 1.51. The molecule has 1 aliphatic rings. The number of nitrogens with zero attached hydrogens (tertiary/aromatic N) is 2. The van der Waals surface area contributed by atoms with Gasteiger partial charge in [-0.25, -0.2) is 4.39 Å². The van der Waals surface area contributed by atoms with E-state index in [1.54, 1.807) is 18.2 Å². The van der Waals surface area contributed by atoms with Crippen molar-refractivity contribution in [2.45, 2.75) is 20.3 Å². The van der Waals surface area contributed by atoms with E-state index in [1.165, 1.54) is 17.7 Å². The Morgan fingerprint density at radius 3 is 2.22 bits per heavy atom. The first-order valence-electron chi connectivity index (χ1n) is 9.58. The van der Waals surface area contributed by atoms with Gasteiger partial charge >= 0.3 is 0 Å². The highest BCUT2D eigenvalue weighted by atomic mass is 19.1. The van der Waals surface area contributed by atoms with Crippen LogP contribution in [0.5, 0.6) is 0 Å². The summed E-state index contributed by atoms with van der Waals surface area (Å²) in [5.41, 5.74) is 3.37. The van der Waals surface area contributed by atoms with Gasteiger partial charge in [-0.3, -0.25) is 4.79 Å². The fourth-order valence-electron chi connectivity index (χ4n) is 3.35. The highest BCUT2D eigenvalue weighted by molar-refractivity contribution is 5.92. The summed E-state index contributed by atoms with van der Waals surface area (Å²) in [6.45, 7) is 7.29. The van der Waals surface area contributed by atoms with Gasteiger partial charge in [0.1, 0.15) is 5.82 Å². The second-order valence-corrected chi connectivity index (χ2v) is 7.46. The minimum absolute atomic E-state index is 0.0417. The van der Waals surface area contributed by atoms with Crippen molar-refractivity contribution in [2.24, 2.45) is 5.92 Å². The molecule has 0 aliphatic carbocycles. The van der Waals surface area contributed by atoms with Crippen LogP contribution in [-0.2, 0) is 11.2 Å². The summed E-state index contributed by atoms with van der Waals surface area (Å²) in [7, 11) is 0. The van der Waals surface area contributed by atoms with Crippen molar-refractivity contribution in [3.8, 4) is 0 Å². The monoisotopic (exact) mass is 366 g/mol. The van der Waals surface area contributed by atoms with Crippen LogP contribution in [-0.4, -0.2) is 37.0 Å².